The Bertz CT molecular complexity index is 1410. The standard InChI is InChI=1S/C40H50N2O3/c1-4-45-39(43)25-14-26-42-29-37(31(2)3)38(30-42)40(44)35-23-13-24-36(27-35)41-28-34(21-11-19-32-15-7-5-8-16-32)22-12-20-33-17-9-6-10-18-33/h5-10,13,15-18,23-24,27,29-31,34,41H,4,11-12,14,19-22,25-26,28H2,1-3H3. The maximum absolute atomic E-state index is 13.8. The number of hydrogen-bond donors (Lipinski definition) is 1. The van der Waals surface area contributed by atoms with E-state index in [9.17, 15) is 9.59 Å². The third-order valence-corrected chi connectivity index (χ3v) is 8.44. The molecule has 0 saturated carbocycles. The second-order valence-electron chi connectivity index (χ2n) is 12.3. The summed E-state index contributed by atoms with van der Waals surface area (Å²) >= 11 is 0. The van der Waals surface area contributed by atoms with Gasteiger partial charge in [0.2, 0.25) is 0 Å². The first kappa shape index (κ1) is 33.8. The van der Waals surface area contributed by atoms with E-state index in [0.717, 1.165) is 61.9 Å². The van der Waals surface area contributed by atoms with Gasteiger partial charge in [0.25, 0.3) is 0 Å². The molecule has 3 aromatic carbocycles. The molecule has 0 saturated heterocycles. The summed E-state index contributed by atoms with van der Waals surface area (Å²) in [7, 11) is 0. The lowest BCUT2D eigenvalue weighted by Gasteiger charge is -2.19. The zero-order valence-corrected chi connectivity index (χ0v) is 27.3. The fourth-order valence-corrected chi connectivity index (χ4v) is 5.96. The van der Waals surface area contributed by atoms with E-state index in [1.807, 2.05) is 35.9 Å². The van der Waals surface area contributed by atoms with Gasteiger partial charge in [0.05, 0.1) is 6.61 Å². The fourth-order valence-electron chi connectivity index (χ4n) is 5.96. The number of ether oxygens (including phenoxy) is 1. The van der Waals surface area contributed by atoms with Crippen molar-refractivity contribution in [3.63, 3.8) is 0 Å². The Morgan fingerprint density at radius 3 is 2.04 bits per heavy atom. The van der Waals surface area contributed by atoms with E-state index in [4.69, 9.17) is 4.74 Å². The van der Waals surface area contributed by atoms with Gasteiger partial charge in [0.15, 0.2) is 5.78 Å². The normalized spacial score (nSPS) is 11.2. The van der Waals surface area contributed by atoms with Crippen LogP contribution in [0.15, 0.2) is 97.3 Å². The third kappa shape index (κ3) is 11.1. The van der Waals surface area contributed by atoms with Gasteiger partial charge in [-0.1, -0.05) is 86.6 Å². The highest BCUT2D eigenvalue weighted by atomic mass is 16.5. The van der Waals surface area contributed by atoms with Gasteiger partial charge in [-0.25, -0.2) is 0 Å². The van der Waals surface area contributed by atoms with Gasteiger partial charge in [-0.05, 0) is 92.5 Å². The average Bonchev–Trinajstić information content (AvgIpc) is 3.49. The molecule has 0 spiro atoms. The van der Waals surface area contributed by atoms with E-state index >= 15 is 0 Å². The lowest BCUT2D eigenvalue weighted by atomic mass is 9.93. The van der Waals surface area contributed by atoms with Gasteiger partial charge in [-0.15, -0.1) is 0 Å². The molecule has 0 aliphatic rings. The van der Waals surface area contributed by atoms with Crippen molar-refractivity contribution in [3.05, 3.63) is 125 Å². The van der Waals surface area contributed by atoms with Gasteiger partial charge < -0.3 is 14.6 Å². The highest BCUT2D eigenvalue weighted by Crippen LogP contribution is 2.26. The third-order valence-electron chi connectivity index (χ3n) is 8.44. The number of hydrogen-bond acceptors (Lipinski definition) is 4. The number of rotatable bonds is 19. The van der Waals surface area contributed by atoms with E-state index < -0.39 is 0 Å². The van der Waals surface area contributed by atoms with E-state index in [1.165, 1.54) is 11.1 Å². The van der Waals surface area contributed by atoms with Crippen LogP contribution in [-0.4, -0.2) is 29.5 Å². The Kier molecular flexibility index (Phi) is 13.5. The minimum atomic E-state index is -0.177. The van der Waals surface area contributed by atoms with Crippen LogP contribution in [0.4, 0.5) is 5.69 Å². The van der Waals surface area contributed by atoms with Crippen LogP contribution in [0.25, 0.3) is 0 Å². The molecule has 5 heteroatoms. The van der Waals surface area contributed by atoms with Crippen molar-refractivity contribution in [1.29, 1.82) is 0 Å². The second-order valence-corrected chi connectivity index (χ2v) is 12.3. The summed E-state index contributed by atoms with van der Waals surface area (Å²) in [6.07, 6.45) is 11.9. The molecule has 0 fully saturated rings. The average molecular weight is 607 g/mol. The maximum atomic E-state index is 13.8. The molecule has 0 aliphatic heterocycles. The Morgan fingerprint density at radius 1 is 0.800 bits per heavy atom. The molecule has 5 nitrogen and oxygen atoms in total. The molecule has 238 valence electrons. The zero-order chi connectivity index (χ0) is 31.9. The molecule has 1 N–H and O–H groups in total. The van der Waals surface area contributed by atoms with E-state index in [1.54, 1.807) is 0 Å². The van der Waals surface area contributed by atoms with Crippen LogP contribution in [0.1, 0.15) is 97.8 Å². The van der Waals surface area contributed by atoms with Crippen LogP contribution in [-0.2, 0) is 28.9 Å². The monoisotopic (exact) mass is 606 g/mol. The van der Waals surface area contributed by atoms with Crippen LogP contribution in [0.5, 0.6) is 0 Å². The SMILES string of the molecule is CCOC(=O)CCCn1cc(C(=O)c2cccc(NCC(CCCc3ccccc3)CCCc3ccccc3)c2)c(C(C)C)c1. The Morgan fingerprint density at radius 2 is 1.44 bits per heavy atom. The summed E-state index contributed by atoms with van der Waals surface area (Å²) in [6, 6.07) is 29.4. The summed E-state index contributed by atoms with van der Waals surface area (Å²) in [5.74, 6) is 0.620. The first-order valence-electron chi connectivity index (χ1n) is 16.7. The van der Waals surface area contributed by atoms with Gasteiger partial charge in [0, 0.05) is 48.7 Å². The number of aromatic nitrogens is 1. The largest absolute Gasteiger partial charge is 0.466 e. The van der Waals surface area contributed by atoms with Gasteiger partial charge in [-0.3, -0.25) is 9.59 Å². The quantitative estimate of drug-likeness (QED) is 0.0854. The van der Waals surface area contributed by atoms with Crippen LogP contribution >= 0.6 is 0 Å². The Labute approximate surface area is 270 Å². The number of esters is 1. The van der Waals surface area contributed by atoms with E-state index in [0.29, 0.717) is 37.5 Å². The van der Waals surface area contributed by atoms with Gasteiger partial charge in [-0.2, -0.15) is 0 Å². The second kappa shape index (κ2) is 18.0. The molecule has 0 bridgehead atoms. The predicted octanol–water partition coefficient (Wildman–Crippen LogP) is 9.26. The number of anilines is 1. The molecule has 4 rings (SSSR count). The molecular weight excluding hydrogens is 556 g/mol. The minimum Gasteiger partial charge on any atom is -0.466 e. The number of nitrogens with zero attached hydrogens (tertiary/aromatic N) is 1. The number of carbonyl (C=O) groups is 2. The lowest BCUT2D eigenvalue weighted by molar-refractivity contribution is -0.143. The smallest absolute Gasteiger partial charge is 0.305 e. The summed E-state index contributed by atoms with van der Waals surface area (Å²) < 4.78 is 7.10. The Balaban J connectivity index is 1.38. The molecule has 1 aromatic heterocycles. The number of carbonyl (C=O) groups excluding carboxylic acids is 2. The summed E-state index contributed by atoms with van der Waals surface area (Å²) in [6.45, 7) is 8.00. The van der Waals surface area contributed by atoms with Crippen molar-refractivity contribution in [2.75, 3.05) is 18.5 Å². The van der Waals surface area contributed by atoms with Crippen molar-refractivity contribution < 1.29 is 14.3 Å². The summed E-state index contributed by atoms with van der Waals surface area (Å²) in [5, 5.41) is 3.68. The maximum Gasteiger partial charge on any atom is 0.305 e. The first-order valence-corrected chi connectivity index (χ1v) is 16.7. The van der Waals surface area contributed by atoms with E-state index in [-0.39, 0.29) is 17.7 Å². The lowest BCUT2D eigenvalue weighted by Crippen LogP contribution is -2.15. The van der Waals surface area contributed by atoms with Crippen LogP contribution < -0.4 is 5.32 Å². The number of nitrogens with one attached hydrogen (secondary N) is 1. The summed E-state index contributed by atoms with van der Waals surface area (Å²) in [4.78, 5) is 25.5. The van der Waals surface area contributed by atoms with Crippen molar-refractivity contribution in [1.82, 2.24) is 4.57 Å². The molecule has 4 aromatic rings. The van der Waals surface area contributed by atoms with Crippen LogP contribution in [0.2, 0.25) is 0 Å². The molecule has 45 heavy (non-hydrogen) atoms. The zero-order valence-electron chi connectivity index (χ0n) is 27.3. The van der Waals surface area contributed by atoms with Crippen molar-refractivity contribution in [2.45, 2.75) is 84.6 Å². The first-order chi connectivity index (χ1) is 21.9. The number of benzene rings is 3. The van der Waals surface area contributed by atoms with Crippen LogP contribution in [0.3, 0.4) is 0 Å². The topological polar surface area (TPSA) is 60.3 Å². The highest BCUT2D eigenvalue weighted by molar-refractivity contribution is 6.10. The predicted molar refractivity (Wildman–Crippen MR) is 185 cm³/mol. The number of aryl methyl sites for hydroxylation is 3. The Hall–Kier alpha value is -4.12. The van der Waals surface area contributed by atoms with Gasteiger partial charge in [0.1, 0.15) is 0 Å². The van der Waals surface area contributed by atoms with Crippen molar-refractivity contribution in [3.8, 4) is 0 Å². The minimum absolute atomic E-state index is 0.0359. The molecule has 0 amide bonds. The molecular formula is C40H50N2O3. The van der Waals surface area contributed by atoms with Gasteiger partial charge >= 0.3 is 5.97 Å². The van der Waals surface area contributed by atoms with Crippen molar-refractivity contribution in [2.24, 2.45) is 5.92 Å². The molecule has 1 heterocycles. The van der Waals surface area contributed by atoms with E-state index in [2.05, 4.69) is 92.1 Å². The number of ketones is 1. The fraction of sp³-hybridized carbons (Fsp3) is 0.400. The summed E-state index contributed by atoms with van der Waals surface area (Å²) in [5.41, 5.74) is 6.24. The van der Waals surface area contributed by atoms with Crippen molar-refractivity contribution >= 4 is 17.4 Å². The molecule has 0 atom stereocenters. The molecule has 0 unspecified atom stereocenters. The highest BCUT2D eigenvalue weighted by Gasteiger charge is 2.19. The molecule has 0 radical (unpaired) electrons. The van der Waals surface area contributed by atoms with Crippen LogP contribution in [0, 0.1) is 5.92 Å². The molecule has 0 aliphatic carbocycles.